The lowest BCUT2D eigenvalue weighted by molar-refractivity contribution is -0.139. The van der Waals surface area contributed by atoms with Gasteiger partial charge >= 0.3 is 5.97 Å². The topological polar surface area (TPSA) is 93.1 Å². The maximum absolute atomic E-state index is 12.6. The van der Waals surface area contributed by atoms with Gasteiger partial charge < -0.3 is 14.6 Å². The van der Waals surface area contributed by atoms with Crippen LogP contribution in [0.2, 0.25) is 0 Å². The molecule has 2 aromatic carbocycles. The number of ether oxygens (including phenoxy) is 2. The van der Waals surface area contributed by atoms with Crippen molar-refractivity contribution in [2.75, 3.05) is 19.8 Å². The van der Waals surface area contributed by atoms with Crippen molar-refractivity contribution in [2.45, 2.75) is 0 Å². The summed E-state index contributed by atoms with van der Waals surface area (Å²) in [5.74, 6) is -0.483. The SMILES string of the molecule is O=C(O)COc1c(Br)cc(/C=C2\SC(=O)N(CCOc3ccccc3)C2=O)cc1Br. The second-order valence-electron chi connectivity index (χ2n) is 5.99. The van der Waals surface area contributed by atoms with Crippen LogP contribution in [0, 0.1) is 0 Å². The zero-order chi connectivity index (χ0) is 21.7. The molecule has 0 bridgehead atoms. The number of thioether (sulfide) groups is 1. The first-order chi connectivity index (χ1) is 14.3. The van der Waals surface area contributed by atoms with Crippen LogP contribution >= 0.6 is 43.6 Å². The molecule has 10 heteroatoms. The number of carbonyl (C=O) groups excluding carboxylic acids is 2. The lowest BCUT2D eigenvalue weighted by atomic mass is 10.2. The Balaban J connectivity index is 1.68. The van der Waals surface area contributed by atoms with E-state index in [9.17, 15) is 14.4 Å². The van der Waals surface area contributed by atoms with Gasteiger partial charge in [-0.15, -0.1) is 0 Å². The normalized spacial score (nSPS) is 15.0. The number of aliphatic carboxylic acids is 1. The third-order valence-corrected chi connectivity index (χ3v) is 5.94. The Morgan fingerprint density at radius 2 is 1.77 bits per heavy atom. The second-order valence-corrected chi connectivity index (χ2v) is 8.69. The fraction of sp³-hybridized carbons (Fsp3) is 0.150. The fourth-order valence-corrected chi connectivity index (χ4v) is 4.87. The number of amides is 2. The quantitative estimate of drug-likeness (QED) is 0.467. The molecule has 1 fully saturated rings. The number of para-hydroxylation sites is 1. The van der Waals surface area contributed by atoms with Gasteiger partial charge in [0.15, 0.2) is 6.61 Å². The molecule has 2 aromatic rings. The van der Waals surface area contributed by atoms with Gasteiger partial charge in [0, 0.05) is 0 Å². The summed E-state index contributed by atoms with van der Waals surface area (Å²) < 4.78 is 11.8. The van der Waals surface area contributed by atoms with E-state index in [1.807, 2.05) is 18.2 Å². The fourth-order valence-electron chi connectivity index (χ4n) is 2.55. The Kier molecular flexibility index (Phi) is 7.57. The molecule has 1 aliphatic heterocycles. The number of benzene rings is 2. The molecule has 30 heavy (non-hydrogen) atoms. The lowest BCUT2D eigenvalue weighted by Gasteiger charge is -2.13. The predicted molar refractivity (Wildman–Crippen MR) is 120 cm³/mol. The smallest absolute Gasteiger partial charge is 0.341 e. The van der Waals surface area contributed by atoms with Gasteiger partial charge in [-0.25, -0.2) is 4.79 Å². The van der Waals surface area contributed by atoms with E-state index >= 15 is 0 Å². The van der Waals surface area contributed by atoms with Crippen LogP contribution in [0.25, 0.3) is 6.08 Å². The molecule has 0 aromatic heterocycles. The first-order valence-electron chi connectivity index (χ1n) is 8.62. The van der Waals surface area contributed by atoms with Crippen LogP contribution < -0.4 is 9.47 Å². The van der Waals surface area contributed by atoms with Gasteiger partial charge in [0.25, 0.3) is 11.1 Å². The van der Waals surface area contributed by atoms with Crippen molar-refractivity contribution in [3.05, 3.63) is 61.9 Å². The molecule has 1 heterocycles. The summed E-state index contributed by atoms with van der Waals surface area (Å²) in [6.07, 6.45) is 1.60. The third-order valence-electron chi connectivity index (χ3n) is 3.86. The van der Waals surface area contributed by atoms with Gasteiger partial charge in [-0.1, -0.05) is 18.2 Å². The molecule has 1 aliphatic rings. The van der Waals surface area contributed by atoms with Gasteiger partial charge in [0.05, 0.1) is 20.4 Å². The summed E-state index contributed by atoms with van der Waals surface area (Å²) in [6, 6.07) is 12.5. The van der Waals surface area contributed by atoms with Crippen LogP contribution in [0.4, 0.5) is 4.79 Å². The van der Waals surface area contributed by atoms with Crippen molar-refractivity contribution in [1.82, 2.24) is 4.90 Å². The monoisotopic (exact) mass is 555 g/mol. The number of carbonyl (C=O) groups is 3. The maximum Gasteiger partial charge on any atom is 0.341 e. The summed E-state index contributed by atoms with van der Waals surface area (Å²) >= 11 is 7.52. The van der Waals surface area contributed by atoms with Crippen LogP contribution in [0.3, 0.4) is 0 Å². The number of nitrogens with zero attached hydrogens (tertiary/aromatic N) is 1. The van der Waals surface area contributed by atoms with Gasteiger partial charge in [0.1, 0.15) is 18.1 Å². The van der Waals surface area contributed by atoms with Crippen molar-refractivity contribution >= 4 is 66.8 Å². The minimum Gasteiger partial charge on any atom is -0.492 e. The highest BCUT2D eigenvalue weighted by atomic mass is 79.9. The first kappa shape index (κ1) is 22.4. The van der Waals surface area contributed by atoms with E-state index in [-0.39, 0.29) is 29.2 Å². The molecule has 156 valence electrons. The molecule has 0 aliphatic carbocycles. The number of imide groups is 1. The van der Waals surface area contributed by atoms with Gasteiger partial charge in [-0.05, 0) is 79.5 Å². The molecule has 0 saturated carbocycles. The van der Waals surface area contributed by atoms with Crippen LogP contribution in [0.5, 0.6) is 11.5 Å². The lowest BCUT2D eigenvalue weighted by Crippen LogP contribution is -2.32. The van der Waals surface area contributed by atoms with Crippen molar-refractivity contribution in [3.63, 3.8) is 0 Å². The molecule has 0 spiro atoms. The second kappa shape index (κ2) is 10.1. The highest BCUT2D eigenvalue weighted by molar-refractivity contribution is 9.11. The Labute approximate surface area is 193 Å². The standard InChI is InChI=1S/C20H15Br2NO6S/c21-14-8-12(9-15(22)18(14)29-11-17(24)25)10-16-19(26)23(20(27)30-16)6-7-28-13-4-2-1-3-5-13/h1-5,8-10H,6-7,11H2,(H,24,25)/b16-10-. The average Bonchev–Trinajstić information content (AvgIpc) is 2.95. The molecule has 1 N–H and O–H groups in total. The summed E-state index contributed by atoms with van der Waals surface area (Å²) in [4.78, 5) is 37.0. The van der Waals surface area contributed by atoms with E-state index in [0.29, 0.717) is 26.0 Å². The van der Waals surface area contributed by atoms with Crippen molar-refractivity contribution in [2.24, 2.45) is 0 Å². The van der Waals surface area contributed by atoms with E-state index in [2.05, 4.69) is 31.9 Å². The molecule has 2 amide bonds. The van der Waals surface area contributed by atoms with Gasteiger partial charge in [0.2, 0.25) is 0 Å². The highest BCUT2D eigenvalue weighted by Crippen LogP contribution is 2.37. The Morgan fingerprint density at radius 1 is 1.10 bits per heavy atom. The highest BCUT2D eigenvalue weighted by Gasteiger charge is 2.34. The summed E-state index contributed by atoms with van der Waals surface area (Å²) in [5.41, 5.74) is 0.641. The van der Waals surface area contributed by atoms with Crippen molar-refractivity contribution < 1.29 is 29.0 Å². The molecule has 0 radical (unpaired) electrons. The predicted octanol–water partition coefficient (Wildman–Crippen LogP) is 4.79. The van der Waals surface area contributed by atoms with Crippen molar-refractivity contribution in [3.8, 4) is 11.5 Å². The summed E-state index contributed by atoms with van der Waals surface area (Å²) in [6.45, 7) is -0.144. The zero-order valence-electron chi connectivity index (χ0n) is 15.3. The van der Waals surface area contributed by atoms with E-state index < -0.39 is 12.6 Å². The molecule has 0 unspecified atom stereocenters. The Bertz CT molecular complexity index is 989. The van der Waals surface area contributed by atoms with Gasteiger partial charge in [-0.3, -0.25) is 14.5 Å². The first-order valence-corrected chi connectivity index (χ1v) is 11.0. The van der Waals surface area contributed by atoms with E-state index in [1.165, 1.54) is 0 Å². The van der Waals surface area contributed by atoms with Crippen LogP contribution in [-0.2, 0) is 9.59 Å². The number of carboxylic acids is 1. The summed E-state index contributed by atoms with van der Waals surface area (Å²) in [7, 11) is 0. The largest absolute Gasteiger partial charge is 0.492 e. The number of hydrogen-bond donors (Lipinski definition) is 1. The molecule has 3 rings (SSSR count). The minimum absolute atomic E-state index is 0.145. The van der Waals surface area contributed by atoms with E-state index in [1.54, 1.807) is 30.3 Å². The molecular formula is C20H15Br2NO6S. The molecular weight excluding hydrogens is 542 g/mol. The number of hydrogen-bond acceptors (Lipinski definition) is 6. The minimum atomic E-state index is -1.09. The van der Waals surface area contributed by atoms with E-state index in [0.717, 1.165) is 16.7 Å². The maximum atomic E-state index is 12.6. The molecule has 0 atom stereocenters. The Morgan fingerprint density at radius 3 is 2.40 bits per heavy atom. The van der Waals surface area contributed by atoms with Crippen LogP contribution in [0.15, 0.2) is 56.3 Å². The average molecular weight is 557 g/mol. The Hall–Kier alpha value is -2.30. The number of rotatable bonds is 8. The van der Waals surface area contributed by atoms with Crippen LogP contribution in [0.1, 0.15) is 5.56 Å². The number of halogens is 2. The zero-order valence-corrected chi connectivity index (χ0v) is 19.3. The third kappa shape index (κ3) is 5.65. The molecule has 1 saturated heterocycles. The van der Waals surface area contributed by atoms with Crippen molar-refractivity contribution in [1.29, 1.82) is 0 Å². The van der Waals surface area contributed by atoms with Crippen LogP contribution in [-0.4, -0.2) is 46.9 Å². The van der Waals surface area contributed by atoms with E-state index in [4.69, 9.17) is 14.6 Å². The van der Waals surface area contributed by atoms with Gasteiger partial charge in [-0.2, -0.15) is 0 Å². The summed E-state index contributed by atoms with van der Waals surface area (Å²) in [5, 5.41) is 8.40. The molecule has 7 nitrogen and oxygen atoms in total. The number of carboxylic acid groups (broad SMARTS) is 1.